The SMILES string of the molecule is CN(CC(N)=O)c1cn[nH]c1N. The van der Waals surface area contributed by atoms with Crippen LogP contribution in [0.2, 0.25) is 0 Å². The Morgan fingerprint density at radius 3 is 2.92 bits per heavy atom. The molecule has 1 amide bonds. The first-order valence-electron chi connectivity index (χ1n) is 3.39. The Morgan fingerprint density at radius 2 is 2.50 bits per heavy atom. The maximum Gasteiger partial charge on any atom is 0.236 e. The fourth-order valence-electron chi connectivity index (χ4n) is 0.913. The van der Waals surface area contributed by atoms with Gasteiger partial charge in [0, 0.05) is 7.05 Å². The molecule has 0 aromatic carbocycles. The first-order chi connectivity index (χ1) is 5.61. The van der Waals surface area contributed by atoms with E-state index in [9.17, 15) is 4.79 Å². The molecule has 0 aliphatic heterocycles. The normalized spacial score (nSPS) is 9.75. The number of anilines is 2. The summed E-state index contributed by atoms with van der Waals surface area (Å²) >= 11 is 0. The van der Waals surface area contributed by atoms with Crippen LogP contribution in [0, 0.1) is 0 Å². The second kappa shape index (κ2) is 3.12. The van der Waals surface area contributed by atoms with Gasteiger partial charge >= 0.3 is 0 Å². The number of rotatable bonds is 3. The second-order valence-corrected chi connectivity index (χ2v) is 2.49. The van der Waals surface area contributed by atoms with Crippen molar-refractivity contribution in [2.24, 2.45) is 5.73 Å². The third kappa shape index (κ3) is 1.66. The molecule has 6 heteroatoms. The number of primary amides is 1. The molecule has 1 aromatic rings. The van der Waals surface area contributed by atoms with E-state index in [-0.39, 0.29) is 6.54 Å². The quantitative estimate of drug-likeness (QED) is 0.535. The number of hydrogen-bond acceptors (Lipinski definition) is 4. The first kappa shape index (κ1) is 8.38. The number of nitrogen functional groups attached to an aromatic ring is 1. The number of amides is 1. The highest BCUT2D eigenvalue weighted by Crippen LogP contribution is 2.16. The van der Waals surface area contributed by atoms with Crippen LogP contribution in [0.5, 0.6) is 0 Å². The monoisotopic (exact) mass is 169 g/mol. The fourth-order valence-corrected chi connectivity index (χ4v) is 0.913. The van der Waals surface area contributed by atoms with E-state index in [0.717, 1.165) is 0 Å². The molecule has 0 aliphatic rings. The lowest BCUT2D eigenvalue weighted by Crippen LogP contribution is -2.30. The predicted octanol–water partition coefficient (Wildman–Crippen LogP) is -1.09. The molecule has 1 aromatic heterocycles. The summed E-state index contributed by atoms with van der Waals surface area (Å²) < 4.78 is 0. The number of nitrogens with zero attached hydrogens (tertiary/aromatic N) is 2. The minimum Gasteiger partial charge on any atom is -0.382 e. The van der Waals surface area contributed by atoms with Gasteiger partial charge in [-0.1, -0.05) is 0 Å². The molecule has 0 spiro atoms. The van der Waals surface area contributed by atoms with Crippen LogP contribution >= 0.6 is 0 Å². The average Bonchev–Trinajstić information content (AvgIpc) is 2.33. The van der Waals surface area contributed by atoms with Gasteiger partial charge in [-0.3, -0.25) is 9.89 Å². The van der Waals surface area contributed by atoms with Gasteiger partial charge in [0.15, 0.2) is 0 Å². The van der Waals surface area contributed by atoms with Crippen LogP contribution < -0.4 is 16.4 Å². The van der Waals surface area contributed by atoms with Crippen LogP contribution in [0.25, 0.3) is 0 Å². The summed E-state index contributed by atoms with van der Waals surface area (Å²) in [5.74, 6) is 0.0249. The van der Waals surface area contributed by atoms with Gasteiger partial charge in [-0.15, -0.1) is 0 Å². The molecule has 6 nitrogen and oxygen atoms in total. The number of hydrogen-bond donors (Lipinski definition) is 3. The Morgan fingerprint density at radius 1 is 1.83 bits per heavy atom. The van der Waals surface area contributed by atoms with E-state index in [0.29, 0.717) is 11.5 Å². The highest BCUT2D eigenvalue weighted by molar-refractivity contribution is 5.80. The van der Waals surface area contributed by atoms with Crippen molar-refractivity contribution in [1.82, 2.24) is 10.2 Å². The first-order valence-corrected chi connectivity index (χ1v) is 3.39. The van der Waals surface area contributed by atoms with Crippen LogP contribution in [0.1, 0.15) is 0 Å². The molecule has 12 heavy (non-hydrogen) atoms. The number of aromatic nitrogens is 2. The van der Waals surface area contributed by atoms with Crippen LogP contribution in [-0.4, -0.2) is 29.7 Å². The third-order valence-electron chi connectivity index (χ3n) is 1.45. The number of carbonyl (C=O) groups is 1. The lowest BCUT2D eigenvalue weighted by Gasteiger charge is -2.14. The minimum absolute atomic E-state index is 0.129. The van der Waals surface area contributed by atoms with Crippen molar-refractivity contribution in [2.75, 3.05) is 24.2 Å². The van der Waals surface area contributed by atoms with Gasteiger partial charge in [-0.05, 0) is 0 Å². The van der Waals surface area contributed by atoms with Gasteiger partial charge < -0.3 is 16.4 Å². The summed E-state index contributed by atoms with van der Waals surface area (Å²) in [4.78, 5) is 12.2. The molecule has 0 saturated heterocycles. The summed E-state index contributed by atoms with van der Waals surface area (Å²) in [6.45, 7) is 0.129. The molecular weight excluding hydrogens is 158 g/mol. The third-order valence-corrected chi connectivity index (χ3v) is 1.45. The zero-order chi connectivity index (χ0) is 9.14. The maximum atomic E-state index is 10.5. The molecule has 0 atom stereocenters. The van der Waals surface area contributed by atoms with E-state index in [1.807, 2.05) is 0 Å². The van der Waals surface area contributed by atoms with Crippen LogP contribution in [0.3, 0.4) is 0 Å². The van der Waals surface area contributed by atoms with Crippen molar-refractivity contribution < 1.29 is 4.79 Å². The molecular formula is C6H11N5O. The van der Waals surface area contributed by atoms with Crippen LogP contribution in [0.15, 0.2) is 6.20 Å². The number of aromatic amines is 1. The van der Waals surface area contributed by atoms with E-state index in [4.69, 9.17) is 11.5 Å². The molecule has 66 valence electrons. The smallest absolute Gasteiger partial charge is 0.236 e. The summed E-state index contributed by atoms with van der Waals surface area (Å²) in [5, 5.41) is 6.26. The summed E-state index contributed by atoms with van der Waals surface area (Å²) in [6, 6.07) is 0. The molecule has 0 saturated carbocycles. The van der Waals surface area contributed by atoms with Crippen molar-refractivity contribution in [2.45, 2.75) is 0 Å². The molecule has 0 unspecified atom stereocenters. The van der Waals surface area contributed by atoms with Gasteiger partial charge in [0.05, 0.1) is 18.4 Å². The molecule has 0 bridgehead atoms. The van der Waals surface area contributed by atoms with Crippen LogP contribution in [-0.2, 0) is 4.79 Å². The number of likely N-dealkylation sites (N-methyl/N-ethyl adjacent to an activating group) is 1. The topological polar surface area (TPSA) is 101 Å². The largest absolute Gasteiger partial charge is 0.382 e. The lowest BCUT2D eigenvalue weighted by molar-refractivity contribution is -0.116. The molecule has 0 fully saturated rings. The fraction of sp³-hybridized carbons (Fsp3) is 0.333. The van der Waals surface area contributed by atoms with Crippen molar-refractivity contribution in [3.05, 3.63) is 6.20 Å². The van der Waals surface area contributed by atoms with E-state index in [1.54, 1.807) is 11.9 Å². The van der Waals surface area contributed by atoms with Gasteiger partial charge in [-0.25, -0.2) is 0 Å². The Hall–Kier alpha value is -1.72. The number of nitrogens with one attached hydrogen (secondary N) is 1. The van der Waals surface area contributed by atoms with E-state index < -0.39 is 5.91 Å². The minimum atomic E-state index is -0.405. The Kier molecular flexibility index (Phi) is 2.18. The van der Waals surface area contributed by atoms with Crippen LogP contribution in [0.4, 0.5) is 11.5 Å². The number of H-pyrrole nitrogens is 1. The summed E-state index contributed by atoms with van der Waals surface area (Å²) in [6.07, 6.45) is 1.54. The zero-order valence-corrected chi connectivity index (χ0v) is 6.74. The lowest BCUT2D eigenvalue weighted by atomic mass is 10.4. The van der Waals surface area contributed by atoms with E-state index in [2.05, 4.69) is 10.2 Å². The van der Waals surface area contributed by atoms with E-state index in [1.165, 1.54) is 6.20 Å². The molecule has 5 N–H and O–H groups in total. The van der Waals surface area contributed by atoms with Gasteiger partial charge in [-0.2, -0.15) is 5.10 Å². The van der Waals surface area contributed by atoms with Crippen molar-refractivity contribution >= 4 is 17.4 Å². The number of nitrogens with two attached hydrogens (primary N) is 2. The van der Waals surface area contributed by atoms with E-state index >= 15 is 0 Å². The molecule has 1 rings (SSSR count). The Bertz CT molecular complexity index is 281. The Balaban J connectivity index is 2.71. The summed E-state index contributed by atoms with van der Waals surface area (Å²) in [7, 11) is 1.71. The maximum absolute atomic E-state index is 10.5. The van der Waals surface area contributed by atoms with Gasteiger partial charge in [0.1, 0.15) is 5.82 Å². The number of carbonyl (C=O) groups excluding carboxylic acids is 1. The molecule has 1 heterocycles. The highest BCUT2D eigenvalue weighted by Gasteiger charge is 2.08. The summed E-state index contributed by atoms with van der Waals surface area (Å²) in [5.41, 5.74) is 11.2. The average molecular weight is 169 g/mol. The predicted molar refractivity (Wildman–Crippen MR) is 45.5 cm³/mol. The van der Waals surface area contributed by atoms with Gasteiger partial charge in [0.25, 0.3) is 0 Å². The van der Waals surface area contributed by atoms with Crippen molar-refractivity contribution in [3.8, 4) is 0 Å². The Labute approximate surface area is 69.5 Å². The second-order valence-electron chi connectivity index (χ2n) is 2.49. The van der Waals surface area contributed by atoms with Crippen molar-refractivity contribution in [1.29, 1.82) is 0 Å². The molecule has 0 aliphatic carbocycles. The molecule has 0 radical (unpaired) electrons. The van der Waals surface area contributed by atoms with Gasteiger partial charge in [0.2, 0.25) is 5.91 Å². The zero-order valence-electron chi connectivity index (χ0n) is 6.74. The van der Waals surface area contributed by atoms with Crippen molar-refractivity contribution in [3.63, 3.8) is 0 Å². The standard InChI is InChI=1S/C6H11N5O/c1-11(3-5(7)12)4-2-9-10-6(4)8/h2H,3H2,1H3,(H2,7,12)(H3,8,9,10). The highest BCUT2D eigenvalue weighted by atomic mass is 16.1.